The molecule has 2 aromatic carbocycles. The van der Waals surface area contributed by atoms with E-state index in [4.69, 9.17) is 27.9 Å². The molecule has 0 spiro atoms. The number of methoxy groups -OCH3 is 1. The van der Waals surface area contributed by atoms with Gasteiger partial charge >= 0.3 is 0 Å². The van der Waals surface area contributed by atoms with Gasteiger partial charge in [0.2, 0.25) is 0 Å². The maximum atomic E-state index is 10.8. The van der Waals surface area contributed by atoms with Gasteiger partial charge in [-0.1, -0.05) is 23.2 Å². The van der Waals surface area contributed by atoms with Crippen LogP contribution >= 0.6 is 23.2 Å². The van der Waals surface area contributed by atoms with Gasteiger partial charge in [0.25, 0.3) is 5.69 Å². The molecule has 0 bridgehead atoms. The fraction of sp³-hybridized carbons (Fsp3) is 0.0714. The summed E-state index contributed by atoms with van der Waals surface area (Å²) in [7, 11) is 1.57. The van der Waals surface area contributed by atoms with E-state index in [0.29, 0.717) is 17.0 Å². The largest absolute Gasteiger partial charge is 0.497 e. The molecule has 0 radical (unpaired) electrons. The van der Waals surface area contributed by atoms with Crippen molar-refractivity contribution in [1.82, 2.24) is 9.55 Å². The molecule has 0 amide bonds. The lowest BCUT2D eigenvalue weighted by atomic mass is 10.2. The number of nitro groups is 1. The van der Waals surface area contributed by atoms with Crippen molar-refractivity contribution in [2.75, 3.05) is 7.11 Å². The van der Waals surface area contributed by atoms with Crippen LogP contribution in [0.4, 0.5) is 5.69 Å². The second kappa shape index (κ2) is 5.47. The zero-order valence-electron chi connectivity index (χ0n) is 11.3. The number of benzene rings is 2. The lowest BCUT2D eigenvalue weighted by Crippen LogP contribution is -1.97. The third-order valence-corrected chi connectivity index (χ3v) is 3.78. The van der Waals surface area contributed by atoms with Crippen molar-refractivity contribution in [1.29, 1.82) is 0 Å². The molecule has 112 valence electrons. The van der Waals surface area contributed by atoms with Gasteiger partial charge in [-0.3, -0.25) is 14.7 Å². The van der Waals surface area contributed by atoms with Gasteiger partial charge in [-0.05, 0) is 12.1 Å². The number of imidazole rings is 1. The molecule has 0 saturated heterocycles. The minimum atomic E-state index is -0.543. The number of ether oxygens (including phenoxy) is 1. The van der Waals surface area contributed by atoms with Crippen molar-refractivity contribution >= 4 is 39.9 Å². The highest BCUT2D eigenvalue weighted by molar-refractivity contribution is 6.38. The molecule has 0 unspecified atom stereocenters. The highest BCUT2D eigenvalue weighted by Crippen LogP contribution is 2.35. The monoisotopic (exact) mass is 337 g/mol. The van der Waals surface area contributed by atoms with Crippen LogP contribution in [-0.2, 0) is 0 Å². The lowest BCUT2D eigenvalue weighted by molar-refractivity contribution is -0.384. The first-order valence-electron chi connectivity index (χ1n) is 6.16. The van der Waals surface area contributed by atoms with Crippen molar-refractivity contribution in [3.05, 3.63) is 56.8 Å². The summed E-state index contributed by atoms with van der Waals surface area (Å²) >= 11 is 12.3. The third-order valence-electron chi connectivity index (χ3n) is 3.21. The number of fused-ring (bicyclic) bond motifs is 1. The number of hydrogen-bond donors (Lipinski definition) is 0. The van der Waals surface area contributed by atoms with Crippen LogP contribution in [-0.4, -0.2) is 21.6 Å². The van der Waals surface area contributed by atoms with Crippen LogP contribution in [0.2, 0.25) is 10.0 Å². The van der Waals surface area contributed by atoms with E-state index in [2.05, 4.69) is 4.98 Å². The van der Waals surface area contributed by atoms with Gasteiger partial charge in [0, 0.05) is 18.2 Å². The van der Waals surface area contributed by atoms with E-state index >= 15 is 0 Å². The molecular formula is C14H9Cl2N3O3. The van der Waals surface area contributed by atoms with E-state index < -0.39 is 4.92 Å². The summed E-state index contributed by atoms with van der Waals surface area (Å²) in [5, 5.41) is 11.2. The predicted octanol–water partition coefficient (Wildman–Crippen LogP) is 4.25. The Kier molecular flexibility index (Phi) is 3.64. The average Bonchev–Trinajstić information content (AvgIpc) is 2.89. The van der Waals surface area contributed by atoms with Gasteiger partial charge in [-0.25, -0.2) is 4.98 Å². The number of hydrogen-bond acceptors (Lipinski definition) is 4. The van der Waals surface area contributed by atoms with Crippen LogP contribution in [0.25, 0.3) is 16.7 Å². The number of nitrogens with zero attached hydrogens (tertiary/aromatic N) is 3. The van der Waals surface area contributed by atoms with Gasteiger partial charge < -0.3 is 4.74 Å². The highest BCUT2D eigenvalue weighted by Gasteiger charge is 2.17. The second-order valence-corrected chi connectivity index (χ2v) is 5.30. The molecule has 0 fully saturated rings. The van der Waals surface area contributed by atoms with Crippen molar-refractivity contribution < 1.29 is 9.66 Å². The number of nitro benzene ring substituents is 1. The maximum absolute atomic E-state index is 10.8. The SMILES string of the molecule is COc1ccc2c(c1)ncn2-c1c(Cl)cc([N+](=O)[O-])cc1Cl. The molecule has 22 heavy (non-hydrogen) atoms. The summed E-state index contributed by atoms with van der Waals surface area (Å²) in [4.78, 5) is 14.6. The summed E-state index contributed by atoms with van der Waals surface area (Å²) in [6.07, 6.45) is 1.56. The fourth-order valence-electron chi connectivity index (χ4n) is 2.19. The molecule has 3 aromatic rings. The van der Waals surface area contributed by atoms with Crippen LogP contribution in [0.1, 0.15) is 0 Å². The van der Waals surface area contributed by atoms with Crippen molar-refractivity contribution in [3.63, 3.8) is 0 Å². The lowest BCUT2D eigenvalue weighted by Gasteiger charge is -2.09. The first kappa shape index (κ1) is 14.6. The van der Waals surface area contributed by atoms with E-state index in [0.717, 1.165) is 5.52 Å². The van der Waals surface area contributed by atoms with E-state index in [9.17, 15) is 10.1 Å². The number of halogens is 2. The van der Waals surface area contributed by atoms with Crippen molar-refractivity contribution in [3.8, 4) is 11.4 Å². The number of rotatable bonds is 3. The zero-order chi connectivity index (χ0) is 15.9. The summed E-state index contributed by atoms with van der Waals surface area (Å²) in [6, 6.07) is 7.90. The summed E-state index contributed by atoms with van der Waals surface area (Å²) in [5.41, 5.74) is 1.75. The number of non-ortho nitro benzene ring substituents is 1. The smallest absolute Gasteiger partial charge is 0.272 e. The molecule has 1 heterocycles. The van der Waals surface area contributed by atoms with E-state index in [-0.39, 0.29) is 15.7 Å². The third kappa shape index (κ3) is 2.36. The topological polar surface area (TPSA) is 70.2 Å². The van der Waals surface area contributed by atoms with E-state index in [1.165, 1.54) is 12.1 Å². The fourth-order valence-corrected chi connectivity index (χ4v) is 2.84. The van der Waals surface area contributed by atoms with E-state index in [1.54, 1.807) is 30.1 Å². The Bertz CT molecular complexity index is 869. The van der Waals surface area contributed by atoms with Crippen LogP contribution < -0.4 is 4.74 Å². The Morgan fingerprint density at radius 2 is 1.91 bits per heavy atom. The Labute approximate surface area is 135 Å². The first-order valence-corrected chi connectivity index (χ1v) is 6.91. The van der Waals surface area contributed by atoms with Crippen molar-refractivity contribution in [2.24, 2.45) is 0 Å². The Morgan fingerprint density at radius 3 is 2.50 bits per heavy atom. The van der Waals surface area contributed by atoms with Crippen LogP contribution in [0.15, 0.2) is 36.7 Å². The normalized spacial score (nSPS) is 10.9. The Hall–Kier alpha value is -2.31. The first-order chi connectivity index (χ1) is 10.5. The number of aromatic nitrogens is 2. The Morgan fingerprint density at radius 1 is 1.23 bits per heavy atom. The van der Waals surface area contributed by atoms with Gasteiger partial charge in [0.1, 0.15) is 12.1 Å². The van der Waals surface area contributed by atoms with Crippen LogP contribution in [0, 0.1) is 10.1 Å². The molecule has 0 atom stereocenters. The molecule has 6 nitrogen and oxygen atoms in total. The molecule has 1 aromatic heterocycles. The molecule has 0 aliphatic rings. The maximum Gasteiger partial charge on any atom is 0.272 e. The molecular weight excluding hydrogens is 329 g/mol. The molecule has 3 rings (SSSR count). The van der Waals surface area contributed by atoms with E-state index in [1.807, 2.05) is 6.07 Å². The highest BCUT2D eigenvalue weighted by atomic mass is 35.5. The molecule has 0 aliphatic heterocycles. The molecule has 8 heteroatoms. The quantitative estimate of drug-likeness (QED) is 0.529. The standard InChI is InChI=1S/C14H9Cl2N3O3/c1-22-9-2-3-13-12(6-9)17-7-18(13)14-10(15)4-8(19(20)21)5-11(14)16/h2-7H,1H3. The molecule has 0 aliphatic carbocycles. The summed E-state index contributed by atoms with van der Waals surface area (Å²) in [6.45, 7) is 0. The predicted molar refractivity (Wildman–Crippen MR) is 84.3 cm³/mol. The van der Waals surface area contributed by atoms with Gasteiger partial charge in [-0.15, -0.1) is 0 Å². The minimum Gasteiger partial charge on any atom is -0.497 e. The summed E-state index contributed by atoms with van der Waals surface area (Å²) < 4.78 is 6.83. The molecule has 0 N–H and O–H groups in total. The van der Waals surface area contributed by atoms with Gasteiger partial charge in [0.15, 0.2) is 0 Å². The summed E-state index contributed by atoms with van der Waals surface area (Å²) in [5.74, 6) is 0.679. The molecule has 0 saturated carbocycles. The van der Waals surface area contributed by atoms with Crippen LogP contribution in [0.3, 0.4) is 0 Å². The minimum absolute atomic E-state index is 0.162. The van der Waals surface area contributed by atoms with Gasteiger partial charge in [-0.2, -0.15) is 0 Å². The average molecular weight is 338 g/mol. The van der Waals surface area contributed by atoms with Gasteiger partial charge in [0.05, 0.1) is 38.8 Å². The van der Waals surface area contributed by atoms with Crippen LogP contribution in [0.5, 0.6) is 5.75 Å². The second-order valence-electron chi connectivity index (χ2n) is 4.48. The van der Waals surface area contributed by atoms with Crippen molar-refractivity contribution in [2.45, 2.75) is 0 Å². The zero-order valence-corrected chi connectivity index (χ0v) is 12.8. The Balaban J connectivity index is 2.21.